The first kappa shape index (κ1) is 11.8. The lowest BCUT2D eigenvalue weighted by Gasteiger charge is -2.02. The summed E-state index contributed by atoms with van der Waals surface area (Å²) in [6.45, 7) is 0.148. The number of carbonyl (C=O) groups excluding carboxylic acids is 1. The third-order valence-electron chi connectivity index (χ3n) is 1.88. The lowest BCUT2D eigenvalue weighted by molar-refractivity contribution is -0.136. The largest absolute Gasteiger partial charge is 0.466 e. The van der Waals surface area contributed by atoms with Gasteiger partial charge in [-0.2, -0.15) is 0 Å². The minimum atomic E-state index is -0.410. The molecule has 0 bridgehead atoms. The summed E-state index contributed by atoms with van der Waals surface area (Å²) in [5.41, 5.74) is 6.73. The number of nitrogens with two attached hydrogens (primary N) is 1. The molecule has 3 nitrogen and oxygen atoms in total. The van der Waals surface area contributed by atoms with Crippen LogP contribution in [0.5, 0.6) is 0 Å². The molecule has 0 atom stereocenters. The van der Waals surface area contributed by atoms with Crippen molar-refractivity contribution in [1.82, 2.24) is 0 Å². The van der Waals surface area contributed by atoms with Crippen molar-refractivity contribution in [3.8, 4) is 0 Å². The van der Waals surface area contributed by atoms with Gasteiger partial charge in [0.15, 0.2) is 0 Å². The molecule has 0 aliphatic rings. The van der Waals surface area contributed by atoms with Crippen molar-refractivity contribution >= 4 is 23.6 Å². The predicted molar refractivity (Wildman–Crippen MR) is 60.5 cm³/mol. The third-order valence-corrected chi connectivity index (χ3v) is 2.13. The van der Waals surface area contributed by atoms with E-state index >= 15 is 0 Å². The molecule has 1 aromatic carbocycles. The summed E-state index contributed by atoms with van der Waals surface area (Å²) in [7, 11) is 1.33. The molecule has 2 N–H and O–H groups in total. The predicted octanol–water partition coefficient (Wildman–Crippen LogP) is 1.86. The second-order valence-corrected chi connectivity index (χ2v) is 3.35. The fraction of sp³-hybridized carbons (Fsp3) is 0.182. The quantitative estimate of drug-likeness (QED) is 0.631. The second kappa shape index (κ2) is 5.53. The first-order valence-electron chi connectivity index (χ1n) is 4.42. The molecule has 0 radical (unpaired) electrons. The molecule has 1 aromatic rings. The Hall–Kier alpha value is -1.32. The number of ether oxygens (including phenoxy) is 1. The molecule has 0 spiro atoms. The van der Waals surface area contributed by atoms with Gasteiger partial charge in [0.05, 0.1) is 12.7 Å². The van der Waals surface area contributed by atoms with Gasteiger partial charge in [-0.25, -0.2) is 4.79 Å². The number of hydrogen-bond acceptors (Lipinski definition) is 3. The highest BCUT2D eigenvalue weighted by Gasteiger charge is 2.06. The highest BCUT2D eigenvalue weighted by molar-refractivity contribution is 6.30. The number of esters is 1. The molecule has 0 saturated carbocycles. The topological polar surface area (TPSA) is 52.3 Å². The van der Waals surface area contributed by atoms with Gasteiger partial charge in [0.1, 0.15) is 0 Å². The van der Waals surface area contributed by atoms with Crippen molar-refractivity contribution in [3.05, 3.63) is 40.4 Å². The number of carbonyl (C=O) groups is 1. The monoisotopic (exact) mass is 225 g/mol. The average molecular weight is 226 g/mol. The molecule has 1 rings (SSSR count). The molecule has 0 aliphatic carbocycles. The van der Waals surface area contributed by atoms with Gasteiger partial charge in [-0.05, 0) is 23.8 Å². The smallest absolute Gasteiger partial charge is 0.335 e. The third kappa shape index (κ3) is 3.38. The Morgan fingerprint density at radius 1 is 1.47 bits per heavy atom. The van der Waals surface area contributed by atoms with Crippen molar-refractivity contribution in [2.24, 2.45) is 5.73 Å². The summed E-state index contributed by atoms with van der Waals surface area (Å²) in [6, 6.07) is 7.11. The van der Waals surface area contributed by atoms with Gasteiger partial charge < -0.3 is 10.5 Å². The Balaban J connectivity index is 2.93. The fourth-order valence-electron chi connectivity index (χ4n) is 1.09. The van der Waals surface area contributed by atoms with Crippen LogP contribution in [0.2, 0.25) is 5.02 Å². The van der Waals surface area contributed by atoms with Gasteiger partial charge in [-0.15, -0.1) is 0 Å². The SMILES string of the molecule is COC(=O)/C(=C/c1ccc(Cl)cc1)CN. The number of hydrogen-bond donors (Lipinski definition) is 1. The van der Waals surface area contributed by atoms with Gasteiger partial charge >= 0.3 is 5.97 Å². The Morgan fingerprint density at radius 2 is 2.07 bits per heavy atom. The van der Waals surface area contributed by atoms with Gasteiger partial charge in [-0.3, -0.25) is 0 Å². The van der Waals surface area contributed by atoms with E-state index in [0.717, 1.165) is 5.56 Å². The van der Waals surface area contributed by atoms with Gasteiger partial charge in [-0.1, -0.05) is 23.7 Å². The maximum Gasteiger partial charge on any atom is 0.335 e. The number of halogens is 1. The Labute approximate surface area is 93.5 Å². The summed E-state index contributed by atoms with van der Waals surface area (Å²) in [5.74, 6) is -0.410. The zero-order chi connectivity index (χ0) is 11.3. The molecule has 0 fully saturated rings. The zero-order valence-electron chi connectivity index (χ0n) is 8.37. The molecule has 0 amide bonds. The Morgan fingerprint density at radius 3 is 2.53 bits per heavy atom. The van der Waals surface area contributed by atoms with Crippen molar-refractivity contribution in [2.45, 2.75) is 0 Å². The van der Waals surface area contributed by atoms with E-state index in [1.807, 2.05) is 0 Å². The van der Waals surface area contributed by atoms with E-state index in [0.29, 0.717) is 10.6 Å². The van der Waals surface area contributed by atoms with Crippen LogP contribution in [0.3, 0.4) is 0 Å². The van der Waals surface area contributed by atoms with E-state index in [-0.39, 0.29) is 6.54 Å². The average Bonchev–Trinajstić information content (AvgIpc) is 2.27. The van der Waals surface area contributed by atoms with E-state index in [1.54, 1.807) is 30.3 Å². The highest BCUT2D eigenvalue weighted by Crippen LogP contribution is 2.12. The van der Waals surface area contributed by atoms with Crippen molar-refractivity contribution in [1.29, 1.82) is 0 Å². The molecule has 0 aliphatic heterocycles. The van der Waals surface area contributed by atoms with Crippen LogP contribution in [0, 0.1) is 0 Å². The summed E-state index contributed by atoms with van der Waals surface area (Å²) in [6.07, 6.45) is 1.68. The number of methoxy groups -OCH3 is 1. The Kier molecular flexibility index (Phi) is 4.34. The van der Waals surface area contributed by atoms with Crippen LogP contribution in [0.4, 0.5) is 0 Å². The normalized spacial score (nSPS) is 11.3. The highest BCUT2D eigenvalue weighted by atomic mass is 35.5. The number of benzene rings is 1. The lowest BCUT2D eigenvalue weighted by Crippen LogP contribution is -2.13. The zero-order valence-corrected chi connectivity index (χ0v) is 9.12. The lowest BCUT2D eigenvalue weighted by atomic mass is 10.1. The van der Waals surface area contributed by atoms with Gasteiger partial charge in [0.25, 0.3) is 0 Å². The fourth-order valence-corrected chi connectivity index (χ4v) is 1.22. The van der Waals surface area contributed by atoms with Crippen molar-refractivity contribution in [2.75, 3.05) is 13.7 Å². The first-order valence-corrected chi connectivity index (χ1v) is 4.79. The number of rotatable bonds is 3. The van der Waals surface area contributed by atoms with Crippen LogP contribution in [0.25, 0.3) is 6.08 Å². The maximum atomic E-state index is 11.2. The van der Waals surface area contributed by atoms with E-state index < -0.39 is 5.97 Å². The van der Waals surface area contributed by atoms with E-state index in [4.69, 9.17) is 17.3 Å². The Bertz CT molecular complexity index is 371. The second-order valence-electron chi connectivity index (χ2n) is 2.92. The van der Waals surface area contributed by atoms with Crippen molar-refractivity contribution in [3.63, 3.8) is 0 Å². The van der Waals surface area contributed by atoms with E-state index in [2.05, 4.69) is 4.74 Å². The summed E-state index contributed by atoms with van der Waals surface area (Å²) in [4.78, 5) is 11.2. The molecule has 80 valence electrons. The minimum absolute atomic E-state index is 0.148. The molecule has 4 heteroatoms. The standard InChI is InChI=1S/C11H12ClNO2/c1-15-11(14)9(7-13)6-8-2-4-10(12)5-3-8/h2-6H,7,13H2,1H3/b9-6+. The molecule has 0 unspecified atom stereocenters. The molecular formula is C11H12ClNO2. The van der Waals surface area contributed by atoms with Crippen LogP contribution in [0.15, 0.2) is 29.8 Å². The summed E-state index contributed by atoms with van der Waals surface area (Å²) >= 11 is 5.73. The molecule has 0 saturated heterocycles. The van der Waals surface area contributed by atoms with Crippen LogP contribution in [-0.4, -0.2) is 19.6 Å². The molecule has 15 heavy (non-hydrogen) atoms. The maximum absolute atomic E-state index is 11.2. The summed E-state index contributed by atoms with van der Waals surface area (Å²) < 4.78 is 4.59. The van der Waals surface area contributed by atoms with Crippen molar-refractivity contribution < 1.29 is 9.53 Å². The van der Waals surface area contributed by atoms with Crippen LogP contribution in [0.1, 0.15) is 5.56 Å². The van der Waals surface area contributed by atoms with E-state index in [9.17, 15) is 4.79 Å². The van der Waals surface area contributed by atoms with Crippen LogP contribution >= 0.6 is 11.6 Å². The summed E-state index contributed by atoms with van der Waals surface area (Å²) in [5, 5.41) is 0.652. The van der Waals surface area contributed by atoms with Gasteiger partial charge in [0, 0.05) is 11.6 Å². The minimum Gasteiger partial charge on any atom is -0.466 e. The molecule has 0 aromatic heterocycles. The van der Waals surface area contributed by atoms with Crippen LogP contribution < -0.4 is 5.73 Å². The van der Waals surface area contributed by atoms with Crippen LogP contribution in [-0.2, 0) is 9.53 Å². The molecular weight excluding hydrogens is 214 g/mol. The van der Waals surface area contributed by atoms with Gasteiger partial charge in [0.2, 0.25) is 0 Å². The molecule has 0 heterocycles. The first-order chi connectivity index (χ1) is 7.17. The van der Waals surface area contributed by atoms with E-state index in [1.165, 1.54) is 7.11 Å².